The lowest BCUT2D eigenvalue weighted by Gasteiger charge is -2.33. The molecule has 0 unspecified atom stereocenters. The van der Waals surface area contributed by atoms with E-state index >= 15 is 0 Å². The van der Waals surface area contributed by atoms with Crippen LogP contribution in [0.5, 0.6) is 0 Å². The van der Waals surface area contributed by atoms with Gasteiger partial charge in [-0.2, -0.15) is 0 Å². The van der Waals surface area contributed by atoms with Crippen LogP contribution in [0.1, 0.15) is 55.6 Å². The molecule has 5 rings (SSSR count). The number of benzene rings is 2. The lowest BCUT2D eigenvalue weighted by molar-refractivity contribution is -0.139. The minimum absolute atomic E-state index is 0.0202. The highest BCUT2D eigenvalue weighted by Gasteiger charge is 2.33. The molecule has 0 spiro atoms. The number of nitrogens with one attached hydrogen (secondary N) is 2. The van der Waals surface area contributed by atoms with Crippen LogP contribution in [-0.4, -0.2) is 46.3 Å². The number of carbonyl (C=O) groups is 3. The molecule has 2 aliphatic heterocycles. The number of nitrogens with zero attached hydrogens (tertiary/aromatic N) is 2. The van der Waals surface area contributed by atoms with Crippen LogP contribution in [-0.2, 0) is 25.5 Å². The number of halogens is 4. The summed E-state index contributed by atoms with van der Waals surface area (Å²) < 4.78 is 34.0. The van der Waals surface area contributed by atoms with E-state index in [-0.39, 0.29) is 52.5 Å². The molecular weight excluding hydrogens is 589 g/mol. The Morgan fingerprint density at radius 3 is 2.69 bits per heavy atom. The molecule has 2 atom stereocenters. The summed E-state index contributed by atoms with van der Waals surface area (Å²) in [7, 11) is 1.30. The Kier molecular flexibility index (Phi) is 8.65. The molecule has 0 saturated heterocycles. The number of hydrogen-bond donors (Lipinski definition) is 2. The van der Waals surface area contributed by atoms with Gasteiger partial charge < -0.3 is 19.9 Å². The third-order valence-corrected chi connectivity index (χ3v) is 8.24. The molecule has 1 aromatic heterocycles. The number of fused-ring (bicyclic) bond motifs is 4. The van der Waals surface area contributed by atoms with Gasteiger partial charge in [-0.3, -0.25) is 14.4 Å². The first-order valence-electron chi connectivity index (χ1n) is 13.5. The Morgan fingerprint density at radius 2 is 1.95 bits per heavy atom. The SMILES string of the molecule is COC(=O)Cc1ccc2c(c1)NC(=O)[C@H](C)CCC[C@H](N1CCC(c3c(F)ccc(Cl)c3F)=CC1=O)c1nc-2c(Cl)[nH]1. The topological polar surface area (TPSA) is 104 Å². The van der Waals surface area contributed by atoms with Gasteiger partial charge in [0.15, 0.2) is 5.82 Å². The van der Waals surface area contributed by atoms with Gasteiger partial charge in [0.05, 0.1) is 35.8 Å². The van der Waals surface area contributed by atoms with Crippen molar-refractivity contribution in [2.75, 3.05) is 19.0 Å². The number of H-pyrrole nitrogens is 1. The van der Waals surface area contributed by atoms with E-state index < -0.39 is 29.6 Å². The second-order valence-corrected chi connectivity index (χ2v) is 11.2. The molecule has 8 nitrogen and oxygen atoms in total. The minimum atomic E-state index is -0.904. The molecule has 12 heteroatoms. The summed E-state index contributed by atoms with van der Waals surface area (Å²) in [6.07, 6.45) is 3.04. The van der Waals surface area contributed by atoms with Crippen LogP contribution in [0.2, 0.25) is 10.2 Å². The monoisotopic (exact) mass is 616 g/mol. The summed E-state index contributed by atoms with van der Waals surface area (Å²) in [6.45, 7) is 2.00. The zero-order chi connectivity index (χ0) is 30.1. The molecule has 3 heterocycles. The standard InChI is InChI=1S/C30H28Cl2F2N4O4/c1-15-4-3-5-22(38-11-10-17(14-23(38)39)25-20(33)9-8-19(31)26(25)34)29-36-27(28(32)37-29)18-7-6-16(13-24(40)42-2)12-21(18)35-30(15)41/h6-9,12,14-15,22H,3-5,10-11,13H2,1-2H3,(H,35,41)(H,36,37)/t15-,22+/m1/s1. The molecule has 0 aliphatic carbocycles. The first kappa shape index (κ1) is 29.7. The summed E-state index contributed by atoms with van der Waals surface area (Å²) >= 11 is 12.5. The summed E-state index contributed by atoms with van der Waals surface area (Å²) in [5, 5.41) is 2.94. The molecule has 3 aromatic rings. The van der Waals surface area contributed by atoms with Crippen molar-refractivity contribution in [1.29, 1.82) is 0 Å². The molecule has 220 valence electrons. The van der Waals surface area contributed by atoms with Crippen LogP contribution in [0.15, 0.2) is 36.4 Å². The number of methoxy groups -OCH3 is 1. The van der Waals surface area contributed by atoms with E-state index in [0.717, 1.165) is 12.1 Å². The predicted molar refractivity (Wildman–Crippen MR) is 155 cm³/mol. The Morgan fingerprint density at radius 1 is 1.17 bits per heavy atom. The third kappa shape index (κ3) is 5.91. The largest absolute Gasteiger partial charge is 0.469 e. The molecule has 2 amide bonds. The average molecular weight is 617 g/mol. The molecule has 2 aromatic carbocycles. The number of aromatic nitrogens is 2. The number of amides is 2. The van der Waals surface area contributed by atoms with Crippen molar-refractivity contribution >= 4 is 52.2 Å². The third-order valence-electron chi connectivity index (χ3n) is 7.67. The van der Waals surface area contributed by atoms with Gasteiger partial charge in [0.25, 0.3) is 0 Å². The highest BCUT2D eigenvalue weighted by atomic mass is 35.5. The first-order valence-corrected chi connectivity index (χ1v) is 14.2. The quantitative estimate of drug-likeness (QED) is 0.257. The lowest BCUT2D eigenvalue weighted by atomic mass is 9.95. The van der Waals surface area contributed by atoms with E-state index in [0.29, 0.717) is 47.6 Å². The van der Waals surface area contributed by atoms with Crippen molar-refractivity contribution in [2.24, 2.45) is 5.92 Å². The normalized spacial score (nSPS) is 19.3. The van der Waals surface area contributed by atoms with Gasteiger partial charge in [0.2, 0.25) is 11.8 Å². The first-order chi connectivity index (χ1) is 20.1. The molecular formula is C30H28Cl2F2N4O4. The number of rotatable bonds is 4. The van der Waals surface area contributed by atoms with Crippen LogP contribution in [0.3, 0.4) is 0 Å². The van der Waals surface area contributed by atoms with E-state index in [9.17, 15) is 23.2 Å². The molecule has 2 N–H and O–H groups in total. The van der Waals surface area contributed by atoms with Crippen LogP contribution >= 0.6 is 23.2 Å². The Hall–Kier alpha value is -3.76. The second kappa shape index (κ2) is 12.2. The number of anilines is 1. The maximum atomic E-state index is 14.7. The average Bonchev–Trinajstić information content (AvgIpc) is 3.34. The predicted octanol–water partition coefficient (Wildman–Crippen LogP) is 6.49. The van der Waals surface area contributed by atoms with Crippen LogP contribution in [0.25, 0.3) is 16.8 Å². The van der Waals surface area contributed by atoms with Gasteiger partial charge in [-0.05, 0) is 48.6 Å². The van der Waals surface area contributed by atoms with Crippen LogP contribution < -0.4 is 5.32 Å². The Bertz CT molecular complexity index is 1610. The van der Waals surface area contributed by atoms with E-state index in [4.69, 9.17) is 32.9 Å². The molecule has 0 fully saturated rings. The fourth-order valence-corrected chi connectivity index (χ4v) is 5.78. The zero-order valence-electron chi connectivity index (χ0n) is 22.9. The van der Waals surface area contributed by atoms with E-state index in [1.54, 1.807) is 23.1 Å². The highest BCUT2D eigenvalue weighted by molar-refractivity contribution is 6.32. The fourth-order valence-electron chi connectivity index (χ4n) is 5.38. The van der Waals surface area contributed by atoms with Crippen LogP contribution in [0.4, 0.5) is 14.5 Å². The Balaban J connectivity index is 1.53. The molecule has 0 saturated carbocycles. The van der Waals surface area contributed by atoms with E-state index in [1.165, 1.54) is 13.2 Å². The molecule has 2 aliphatic rings. The van der Waals surface area contributed by atoms with Gasteiger partial charge in [0, 0.05) is 24.1 Å². The molecule has 2 bridgehead atoms. The molecule has 0 radical (unpaired) electrons. The van der Waals surface area contributed by atoms with Crippen LogP contribution in [0, 0.1) is 17.6 Å². The summed E-state index contributed by atoms with van der Waals surface area (Å²) in [5.74, 6) is -2.66. The minimum Gasteiger partial charge on any atom is -0.469 e. The summed E-state index contributed by atoms with van der Waals surface area (Å²) in [4.78, 5) is 47.9. The Labute approximate surface area is 251 Å². The summed E-state index contributed by atoms with van der Waals surface area (Å²) in [5.41, 5.74) is 1.91. The fraction of sp³-hybridized carbons (Fsp3) is 0.333. The number of ether oxygens (including phenoxy) is 1. The van der Waals surface area contributed by atoms with Gasteiger partial charge in [-0.1, -0.05) is 48.7 Å². The van der Waals surface area contributed by atoms with E-state index in [1.807, 2.05) is 6.92 Å². The van der Waals surface area contributed by atoms with Crippen molar-refractivity contribution in [3.05, 3.63) is 75.2 Å². The summed E-state index contributed by atoms with van der Waals surface area (Å²) in [6, 6.07) is 6.82. The van der Waals surface area contributed by atoms with Crippen molar-refractivity contribution in [3.8, 4) is 11.3 Å². The van der Waals surface area contributed by atoms with Gasteiger partial charge in [0.1, 0.15) is 22.5 Å². The second-order valence-electron chi connectivity index (χ2n) is 10.4. The van der Waals surface area contributed by atoms with Gasteiger partial charge >= 0.3 is 5.97 Å². The number of hydrogen-bond acceptors (Lipinski definition) is 5. The number of esters is 1. The lowest BCUT2D eigenvalue weighted by Crippen LogP contribution is -2.38. The van der Waals surface area contributed by atoms with Crippen molar-refractivity contribution in [1.82, 2.24) is 14.9 Å². The van der Waals surface area contributed by atoms with Gasteiger partial charge in [-0.15, -0.1) is 0 Å². The van der Waals surface area contributed by atoms with Crippen molar-refractivity contribution in [3.63, 3.8) is 0 Å². The van der Waals surface area contributed by atoms with E-state index in [2.05, 4.69) is 10.3 Å². The molecule has 42 heavy (non-hydrogen) atoms. The number of imidazole rings is 1. The maximum absolute atomic E-state index is 14.7. The zero-order valence-corrected chi connectivity index (χ0v) is 24.4. The maximum Gasteiger partial charge on any atom is 0.309 e. The highest BCUT2D eigenvalue weighted by Crippen LogP contribution is 2.39. The van der Waals surface area contributed by atoms with Crippen molar-refractivity contribution in [2.45, 2.75) is 45.1 Å². The number of carbonyl (C=O) groups excluding carboxylic acids is 3. The van der Waals surface area contributed by atoms with Crippen molar-refractivity contribution < 1.29 is 27.9 Å². The smallest absolute Gasteiger partial charge is 0.309 e. The number of aromatic amines is 1. The van der Waals surface area contributed by atoms with Gasteiger partial charge in [-0.25, -0.2) is 13.8 Å².